The molecular formula is C2H2F3O3S-. The van der Waals surface area contributed by atoms with Crippen LogP contribution in [0.25, 0.3) is 0 Å². The fraction of sp³-hybridized carbons (Fsp3) is 1.00. The van der Waals surface area contributed by atoms with Gasteiger partial charge in [-0.2, -0.15) is 13.2 Å². The van der Waals surface area contributed by atoms with Crippen LogP contribution in [0.4, 0.5) is 13.2 Å². The second-order valence-corrected chi connectivity index (χ2v) is 1.73. The molecule has 3 nitrogen and oxygen atoms in total. The molecule has 0 rings (SSSR count). The van der Waals surface area contributed by atoms with Crippen LogP contribution in [-0.2, 0) is 15.5 Å². The third-order valence-corrected chi connectivity index (χ3v) is 0.629. The molecule has 1 atom stereocenters. The van der Waals surface area contributed by atoms with Crippen LogP contribution < -0.4 is 0 Å². The Balaban J connectivity index is 3.39. The first-order valence-corrected chi connectivity index (χ1v) is 2.71. The highest BCUT2D eigenvalue weighted by Gasteiger charge is 2.27. The molecule has 0 fully saturated rings. The number of hydrogen-bond donors (Lipinski definition) is 0. The molecule has 0 aromatic heterocycles. The molecule has 1 unspecified atom stereocenters. The molecule has 0 aliphatic rings. The largest absolute Gasteiger partial charge is 0.750 e. The van der Waals surface area contributed by atoms with Gasteiger partial charge in [0.1, 0.15) is 0 Å². The van der Waals surface area contributed by atoms with Gasteiger partial charge in [0.25, 0.3) is 0 Å². The SMILES string of the molecule is O=S([O-])OCC(F)(F)F. The van der Waals surface area contributed by atoms with Crippen molar-refractivity contribution in [1.29, 1.82) is 0 Å². The highest BCUT2D eigenvalue weighted by atomic mass is 32.2. The monoisotopic (exact) mass is 163 g/mol. The Morgan fingerprint density at radius 2 is 2.00 bits per heavy atom. The fourth-order valence-electron chi connectivity index (χ4n) is 0.115. The van der Waals surface area contributed by atoms with Crippen molar-refractivity contribution in [3.63, 3.8) is 0 Å². The first-order valence-electron chi connectivity index (χ1n) is 1.71. The Morgan fingerprint density at radius 1 is 1.56 bits per heavy atom. The zero-order valence-corrected chi connectivity index (χ0v) is 4.79. The van der Waals surface area contributed by atoms with Crippen molar-refractivity contribution in [2.24, 2.45) is 0 Å². The van der Waals surface area contributed by atoms with Gasteiger partial charge in [-0.25, -0.2) is 4.21 Å². The highest BCUT2D eigenvalue weighted by molar-refractivity contribution is 7.74. The van der Waals surface area contributed by atoms with Crippen LogP contribution in [0.1, 0.15) is 0 Å². The summed E-state index contributed by atoms with van der Waals surface area (Å²) in [6.07, 6.45) is -4.58. The van der Waals surface area contributed by atoms with Crippen LogP contribution in [0.15, 0.2) is 0 Å². The van der Waals surface area contributed by atoms with Crippen molar-refractivity contribution in [1.82, 2.24) is 0 Å². The van der Waals surface area contributed by atoms with Gasteiger partial charge in [0.05, 0.1) is 11.4 Å². The molecule has 0 heterocycles. The average molecular weight is 163 g/mol. The first-order chi connectivity index (χ1) is 3.92. The highest BCUT2D eigenvalue weighted by Crippen LogP contribution is 2.14. The summed E-state index contributed by atoms with van der Waals surface area (Å²) in [4.78, 5) is 0. The average Bonchev–Trinajstić information content (AvgIpc) is 1.59. The Kier molecular flexibility index (Phi) is 3.09. The van der Waals surface area contributed by atoms with E-state index >= 15 is 0 Å². The van der Waals surface area contributed by atoms with Crippen LogP contribution in [0.3, 0.4) is 0 Å². The van der Waals surface area contributed by atoms with Crippen LogP contribution in [0.2, 0.25) is 0 Å². The zero-order valence-electron chi connectivity index (χ0n) is 3.97. The van der Waals surface area contributed by atoms with Crippen LogP contribution in [0, 0.1) is 0 Å². The van der Waals surface area contributed by atoms with Crippen LogP contribution >= 0.6 is 0 Å². The van der Waals surface area contributed by atoms with Gasteiger partial charge in [0.15, 0.2) is 6.61 Å². The maximum absolute atomic E-state index is 11.0. The minimum atomic E-state index is -4.58. The van der Waals surface area contributed by atoms with E-state index in [0.717, 1.165) is 0 Å². The molecule has 0 saturated heterocycles. The molecule has 0 aliphatic heterocycles. The summed E-state index contributed by atoms with van der Waals surface area (Å²) >= 11 is -3.08. The third-order valence-electron chi connectivity index (χ3n) is 0.319. The smallest absolute Gasteiger partial charge is 0.413 e. The summed E-state index contributed by atoms with van der Waals surface area (Å²) in [6.45, 7) is -1.76. The maximum Gasteiger partial charge on any atom is 0.413 e. The van der Waals surface area contributed by atoms with Gasteiger partial charge in [-0.05, 0) is 0 Å². The van der Waals surface area contributed by atoms with Gasteiger partial charge in [-0.1, -0.05) is 0 Å². The maximum atomic E-state index is 11.0. The predicted octanol–water partition coefficient (Wildman–Crippen LogP) is 0.359. The molecule has 0 amide bonds. The first kappa shape index (κ1) is 8.86. The van der Waals surface area contributed by atoms with Gasteiger partial charge in [0, 0.05) is 0 Å². The molecular weight excluding hydrogens is 161 g/mol. The van der Waals surface area contributed by atoms with E-state index in [1.165, 1.54) is 0 Å². The van der Waals surface area contributed by atoms with E-state index in [-0.39, 0.29) is 0 Å². The van der Waals surface area contributed by atoms with Crippen molar-refractivity contribution in [2.45, 2.75) is 6.18 Å². The normalized spacial score (nSPS) is 15.6. The second kappa shape index (κ2) is 3.14. The van der Waals surface area contributed by atoms with Crippen LogP contribution in [-0.4, -0.2) is 21.5 Å². The van der Waals surface area contributed by atoms with E-state index in [2.05, 4.69) is 4.18 Å². The molecule has 0 radical (unpaired) electrons. The molecule has 0 aliphatic carbocycles. The molecule has 0 N–H and O–H groups in total. The lowest BCUT2D eigenvalue weighted by Gasteiger charge is -2.07. The third kappa shape index (κ3) is 7.86. The van der Waals surface area contributed by atoms with Crippen LogP contribution in [0.5, 0.6) is 0 Å². The van der Waals surface area contributed by atoms with Gasteiger partial charge >= 0.3 is 6.18 Å². The van der Waals surface area contributed by atoms with E-state index in [1.54, 1.807) is 0 Å². The minimum absolute atomic E-state index is 1.76. The number of hydrogen-bond acceptors (Lipinski definition) is 3. The predicted molar refractivity (Wildman–Crippen MR) is 20.9 cm³/mol. The summed E-state index contributed by atoms with van der Waals surface area (Å²) in [5.74, 6) is 0. The van der Waals surface area contributed by atoms with Gasteiger partial charge in [0.2, 0.25) is 0 Å². The number of alkyl halides is 3. The Bertz CT molecular complexity index is 110. The van der Waals surface area contributed by atoms with E-state index < -0.39 is 24.1 Å². The molecule has 0 aromatic carbocycles. The van der Waals surface area contributed by atoms with Crippen molar-refractivity contribution in [2.75, 3.05) is 6.61 Å². The zero-order chi connectivity index (χ0) is 7.49. The van der Waals surface area contributed by atoms with Gasteiger partial charge < -0.3 is 4.55 Å². The molecule has 9 heavy (non-hydrogen) atoms. The summed E-state index contributed by atoms with van der Waals surface area (Å²) in [7, 11) is 0. The summed E-state index contributed by atoms with van der Waals surface area (Å²) in [5, 5.41) is 0. The lowest BCUT2D eigenvalue weighted by molar-refractivity contribution is -0.152. The second-order valence-electron chi connectivity index (χ2n) is 1.08. The molecule has 0 bridgehead atoms. The Hall–Kier alpha value is -0.140. The minimum Gasteiger partial charge on any atom is -0.750 e. The number of rotatable bonds is 2. The quantitative estimate of drug-likeness (QED) is 0.552. The molecule has 0 saturated carbocycles. The van der Waals surface area contributed by atoms with Crippen molar-refractivity contribution in [3.8, 4) is 0 Å². The van der Waals surface area contributed by atoms with Gasteiger partial charge in [-0.3, -0.25) is 4.18 Å². The number of halogens is 3. The molecule has 0 aromatic rings. The molecule has 7 heteroatoms. The van der Waals surface area contributed by atoms with Gasteiger partial charge in [-0.15, -0.1) is 0 Å². The molecule has 0 spiro atoms. The topological polar surface area (TPSA) is 49.4 Å². The standard InChI is InChI=1S/C2H3F3O3S/c3-2(4,5)1-8-9(6)7/h1H2,(H,6,7)/p-1. The van der Waals surface area contributed by atoms with E-state index in [9.17, 15) is 21.9 Å². The summed E-state index contributed by atoms with van der Waals surface area (Å²) < 4.78 is 54.9. The van der Waals surface area contributed by atoms with E-state index in [4.69, 9.17) is 0 Å². The fourth-order valence-corrected chi connectivity index (χ4v) is 0.345. The Labute approximate surface area is 51.3 Å². The van der Waals surface area contributed by atoms with Crippen molar-refractivity contribution >= 4 is 11.4 Å². The van der Waals surface area contributed by atoms with Crippen molar-refractivity contribution in [3.05, 3.63) is 0 Å². The van der Waals surface area contributed by atoms with E-state index in [1.807, 2.05) is 0 Å². The van der Waals surface area contributed by atoms with Crippen molar-refractivity contribution < 1.29 is 26.1 Å². The summed E-state index contributed by atoms with van der Waals surface area (Å²) in [6, 6.07) is 0. The van der Waals surface area contributed by atoms with E-state index in [0.29, 0.717) is 0 Å². The lowest BCUT2D eigenvalue weighted by Crippen LogP contribution is -2.17. The lowest BCUT2D eigenvalue weighted by atomic mass is 10.7. The molecule has 56 valence electrons. The Morgan fingerprint density at radius 3 is 2.11 bits per heavy atom. The summed E-state index contributed by atoms with van der Waals surface area (Å²) in [5.41, 5.74) is 0.